The van der Waals surface area contributed by atoms with Crippen LogP contribution in [0.1, 0.15) is 30.3 Å². The van der Waals surface area contributed by atoms with Gasteiger partial charge in [0.15, 0.2) is 5.78 Å². The Balaban J connectivity index is 0.00000180. The number of aryl methyl sites for hydroxylation is 1. The first kappa shape index (κ1) is 15.0. The fourth-order valence-corrected chi connectivity index (χ4v) is 1.91. The van der Waals surface area contributed by atoms with Gasteiger partial charge in [0.25, 0.3) is 0 Å². The minimum absolute atomic E-state index is 0. The highest BCUT2D eigenvalue weighted by Crippen LogP contribution is 2.27. The van der Waals surface area contributed by atoms with Gasteiger partial charge in [-0.15, -0.1) is 0 Å². The molecule has 0 aliphatic rings. The Hall–Kier alpha value is -2.09. The maximum atomic E-state index is 11.4. The number of ketones is 1. The summed E-state index contributed by atoms with van der Waals surface area (Å²) in [6, 6.07) is 13.9. The number of carbonyl (C=O) groups excluding carboxylic acids is 1. The maximum Gasteiger partial charge on any atom is 0.163 e. The smallest absolute Gasteiger partial charge is 0.163 e. The van der Waals surface area contributed by atoms with E-state index in [1.807, 2.05) is 18.2 Å². The summed E-state index contributed by atoms with van der Waals surface area (Å²) < 4.78 is 5.27. The van der Waals surface area contributed by atoms with Gasteiger partial charge in [-0.1, -0.05) is 43.3 Å². The lowest BCUT2D eigenvalue weighted by Gasteiger charge is -2.09. The number of benzene rings is 2. The number of ether oxygens (including phenoxy) is 1. The summed E-state index contributed by atoms with van der Waals surface area (Å²) >= 11 is 0. The molecule has 0 spiro atoms. The first-order chi connectivity index (χ1) is 8.61. The highest BCUT2D eigenvalue weighted by atomic mass is 16.5. The number of rotatable bonds is 3. The van der Waals surface area contributed by atoms with Crippen molar-refractivity contribution < 1.29 is 9.53 Å². The van der Waals surface area contributed by atoms with Gasteiger partial charge in [0.2, 0.25) is 0 Å². The van der Waals surface area contributed by atoms with Crippen LogP contribution in [0.15, 0.2) is 42.5 Å². The second-order valence-corrected chi connectivity index (χ2v) is 4.34. The van der Waals surface area contributed by atoms with Crippen LogP contribution in [-0.4, -0.2) is 12.9 Å². The summed E-state index contributed by atoms with van der Waals surface area (Å²) in [6.07, 6.45) is 0. The molecule has 0 amide bonds. The van der Waals surface area contributed by atoms with E-state index < -0.39 is 0 Å². The molecular formula is C17H20O2. The Morgan fingerprint density at radius 3 is 2.11 bits per heavy atom. The van der Waals surface area contributed by atoms with E-state index in [9.17, 15) is 4.79 Å². The van der Waals surface area contributed by atoms with E-state index in [1.54, 1.807) is 14.0 Å². The largest absolute Gasteiger partial charge is 0.496 e. The van der Waals surface area contributed by atoms with E-state index in [0.717, 1.165) is 11.1 Å². The molecule has 2 heteroatoms. The second-order valence-electron chi connectivity index (χ2n) is 4.34. The highest BCUT2D eigenvalue weighted by molar-refractivity contribution is 5.97. The average molecular weight is 256 g/mol. The predicted molar refractivity (Wildman–Crippen MR) is 79.9 cm³/mol. The van der Waals surface area contributed by atoms with E-state index in [1.165, 1.54) is 5.56 Å². The molecule has 0 saturated heterocycles. The fourth-order valence-electron chi connectivity index (χ4n) is 1.91. The van der Waals surface area contributed by atoms with Gasteiger partial charge in [-0.25, -0.2) is 0 Å². The Bertz CT molecular complexity index is 568. The van der Waals surface area contributed by atoms with Crippen molar-refractivity contribution in [2.75, 3.05) is 7.11 Å². The van der Waals surface area contributed by atoms with Crippen LogP contribution < -0.4 is 4.74 Å². The van der Waals surface area contributed by atoms with Crippen molar-refractivity contribution in [1.82, 2.24) is 0 Å². The van der Waals surface area contributed by atoms with Crippen molar-refractivity contribution in [3.05, 3.63) is 53.6 Å². The van der Waals surface area contributed by atoms with Crippen LogP contribution >= 0.6 is 0 Å². The number of Topliss-reactive ketones (excluding diaryl/α,β-unsaturated/α-hetero) is 1. The first-order valence-electron chi connectivity index (χ1n) is 5.88. The number of hydrogen-bond donors (Lipinski definition) is 0. The van der Waals surface area contributed by atoms with Crippen LogP contribution in [0.5, 0.6) is 5.75 Å². The van der Waals surface area contributed by atoms with Crippen molar-refractivity contribution >= 4 is 5.78 Å². The molecule has 0 radical (unpaired) electrons. The molecule has 0 aromatic heterocycles. The zero-order valence-electron chi connectivity index (χ0n) is 10.9. The summed E-state index contributed by atoms with van der Waals surface area (Å²) in [5.74, 6) is 0.642. The molecule has 0 aliphatic heterocycles. The van der Waals surface area contributed by atoms with E-state index >= 15 is 0 Å². The van der Waals surface area contributed by atoms with Gasteiger partial charge in [-0.2, -0.15) is 0 Å². The Morgan fingerprint density at radius 2 is 1.58 bits per heavy atom. The van der Waals surface area contributed by atoms with Gasteiger partial charge in [0.05, 0.1) is 12.7 Å². The van der Waals surface area contributed by atoms with Gasteiger partial charge in [0, 0.05) is 0 Å². The van der Waals surface area contributed by atoms with E-state index in [4.69, 9.17) is 4.74 Å². The predicted octanol–water partition coefficient (Wildman–Crippen LogP) is 4.51. The fraction of sp³-hybridized carbons (Fsp3) is 0.235. The molecule has 100 valence electrons. The molecule has 0 unspecified atom stereocenters. The molecule has 2 aromatic carbocycles. The lowest BCUT2D eigenvalue weighted by molar-refractivity contribution is 0.101. The van der Waals surface area contributed by atoms with E-state index in [-0.39, 0.29) is 13.2 Å². The Kier molecular flexibility index (Phi) is 4.87. The van der Waals surface area contributed by atoms with Crippen LogP contribution in [-0.2, 0) is 0 Å². The molecule has 2 nitrogen and oxygen atoms in total. The van der Waals surface area contributed by atoms with Gasteiger partial charge < -0.3 is 4.74 Å². The standard InChI is InChI=1S/C16H16O2.CH4/c1-11-4-6-13(7-5-11)14-8-9-15(12(2)17)16(10-14)18-3;/h4-10H,1-3H3;1H4. The van der Waals surface area contributed by atoms with Gasteiger partial charge >= 0.3 is 0 Å². The van der Waals surface area contributed by atoms with Crippen LogP contribution in [0.2, 0.25) is 0 Å². The van der Waals surface area contributed by atoms with Gasteiger partial charge in [-0.3, -0.25) is 4.79 Å². The molecule has 0 heterocycles. The lowest BCUT2D eigenvalue weighted by Crippen LogP contribution is -1.97. The van der Waals surface area contributed by atoms with Gasteiger partial charge in [0.1, 0.15) is 5.75 Å². The van der Waals surface area contributed by atoms with Crippen LogP contribution in [0.4, 0.5) is 0 Å². The topological polar surface area (TPSA) is 26.3 Å². The van der Waals surface area contributed by atoms with Crippen molar-refractivity contribution in [3.63, 3.8) is 0 Å². The molecule has 19 heavy (non-hydrogen) atoms. The third kappa shape index (κ3) is 3.22. The third-order valence-electron chi connectivity index (χ3n) is 2.97. The summed E-state index contributed by atoms with van der Waals surface area (Å²) in [4.78, 5) is 11.4. The molecule has 0 aliphatic carbocycles. The van der Waals surface area contributed by atoms with E-state index in [2.05, 4.69) is 31.2 Å². The minimum Gasteiger partial charge on any atom is -0.496 e. The zero-order valence-corrected chi connectivity index (χ0v) is 10.9. The zero-order chi connectivity index (χ0) is 13.1. The van der Waals surface area contributed by atoms with Crippen LogP contribution in [0.3, 0.4) is 0 Å². The molecule has 0 N–H and O–H groups in total. The number of methoxy groups -OCH3 is 1. The van der Waals surface area contributed by atoms with Crippen molar-refractivity contribution in [1.29, 1.82) is 0 Å². The molecule has 0 fully saturated rings. The summed E-state index contributed by atoms with van der Waals surface area (Å²) in [5, 5.41) is 0. The summed E-state index contributed by atoms with van der Waals surface area (Å²) in [5.41, 5.74) is 4.02. The summed E-state index contributed by atoms with van der Waals surface area (Å²) in [6.45, 7) is 3.60. The number of carbonyl (C=O) groups is 1. The molecule has 0 bridgehead atoms. The van der Waals surface area contributed by atoms with E-state index in [0.29, 0.717) is 11.3 Å². The molecule has 0 atom stereocenters. The molecule has 0 saturated carbocycles. The molecular weight excluding hydrogens is 236 g/mol. The van der Waals surface area contributed by atoms with Crippen molar-refractivity contribution in [3.8, 4) is 16.9 Å². The third-order valence-corrected chi connectivity index (χ3v) is 2.97. The van der Waals surface area contributed by atoms with Gasteiger partial charge in [-0.05, 0) is 37.1 Å². The lowest BCUT2D eigenvalue weighted by atomic mass is 10.0. The SMILES string of the molecule is C.COc1cc(-c2ccc(C)cc2)ccc1C(C)=O. The minimum atomic E-state index is 0. The molecule has 2 rings (SSSR count). The highest BCUT2D eigenvalue weighted by Gasteiger charge is 2.09. The average Bonchev–Trinajstić information content (AvgIpc) is 2.38. The van der Waals surface area contributed by atoms with Crippen LogP contribution in [0.25, 0.3) is 11.1 Å². The quantitative estimate of drug-likeness (QED) is 0.755. The maximum absolute atomic E-state index is 11.4. The van der Waals surface area contributed by atoms with Crippen LogP contribution in [0, 0.1) is 6.92 Å². The second kappa shape index (κ2) is 6.19. The first-order valence-corrected chi connectivity index (χ1v) is 5.88. The Morgan fingerprint density at radius 1 is 1.00 bits per heavy atom. The van der Waals surface area contributed by atoms with Crippen molar-refractivity contribution in [2.24, 2.45) is 0 Å². The van der Waals surface area contributed by atoms with Crippen molar-refractivity contribution in [2.45, 2.75) is 21.3 Å². The monoisotopic (exact) mass is 256 g/mol. The summed E-state index contributed by atoms with van der Waals surface area (Å²) in [7, 11) is 1.58. The Labute approximate surface area is 115 Å². The molecule has 2 aromatic rings. The number of hydrogen-bond acceptors (Lipinski definition) is 2. The normalized spacial score (nSPS) is 9.63.